The summed E-state index contributed by atoms with van der Waals surface area (Å²) in [4.78, 5) is 23.1. The Kier molecular flexibility index (Phi) is 5.62. The summed E-state index contributed by atoms with van der Waals surface area (Å²) < 4.78 is 0. The molecule has 7 heteroatoms. The van der Waals surface area contributed by atoms with Crippen LogP contribution in [0.5, 0.6) is 0 Å². The minimum absolute atomic E-state index is 0.198. The van der Waals surface area contributed by atoms with E-state index in [1.807, 2.05) is 0 Å². The molecule has 2 aromatic rings. The van der Waals surface area contributed by atoms with Crippen molar-refractivity contribution in [3.8, 4) is 0 Å². The number of rotatable bonds is 7. The fourth-order valence-corrected chi connectivity index (χ4v) is 2.63. The Morgan fingerprint density at radius 2 is 2.19 bits per heavy atom. The van der Waals surface area contributed by atoms with E-state index >= 15 is 0 Å². The molecule has 2 rings (SSSR count). The van der Waals surface area contributed by atoms with Crippen molar-refractivity contribution >= 4 is 29.1 Å². The van der Waals surface area contributed by atoms with Gasteiger partial charge in [0.1, 0.15) is 6.33 Å². The number of hydrogen-bond acceptors (Lipinski definition) is 6. The molecule has 1 atom stereocenters. The highest BCUT2D eigenvalue weighted by Gasteiger charge is 2.06. The molecular weight excluding hydrogens is 286 g/mol. The Balaban J connectivity index is 1.79. The molecule has 0 aliphatic rings. The van der Waals surface area contributed by atoms with Crippen molar-refractivity contribution in [1.82, 2.24) is 15.0 Å². The lowest BCUT2D eigenvalue weighted by molar-refractivity contribution is -0.114. The fraction of sp³-hybridized carbons (Fsp3) is 0.429. The zero-order valence-electron chi connectivity index (χ0n) is 12.2. The molecule has 2 aromatic heterocycles. The Labute approximate surface area is 128 Å². The van der Waals surface area contributed by atoms with Crippen molar-refractivity contribution in [2.45, 2.75) is 39.2 Å². The van der Waals surface area contributed by atoms with Crippen molar-refractivity contribution in [3.05, 3.63) is 28.7 Å². The summed E-state index contributed by atoms with van der Waals surface area (Å²) in [7, 11) is 0. The Morgan fingerprint density at radius 1 is 1.38 bits per heavy atom. The molecule has 0 saturated heterocycles. The largest absolute Gasteiger partial charge is 0.352 e. The molecule has 0 aliphatic carbocycles. The molecule has 0 fully saturated rings. The van der Waals surface area contributed by atoms with E-state index in [1.54, 1.807) is 11.3 Å². The van der Waals surface area contributed by atoms with E-state index in [1.165, 1.54) is 18.8 Å². The minimum atomic E-state index is -0.198. The first kappa shape index (κ1) is 15.4. The molecule has 0 spiro atoms. The minimum Gasteiger partial charge on any atom is -0.352 e. The van der Waals surface area contributed by atoms with Crippen LogP contribution in [0.4, 0.5) is 11.9 Å². The fourth-order valence-electron chi connectivity index (χ4n) is 1.92. The van der Waals surface area contributed by atoms with Crippen molar-refractivity contribution < 1.29 is 4.79 Å². The van der Waals surface area contributed by atoms with Gasteiger partial charge in [0.25, 0.3) is 0 Å². The van der Waals surface area contributed by atoms with Gasteiger partial charge in [-0.3, -0.25) is 10.1 Å². The standard InChI is InChI=1S/C14H19N5OS/c1-10(4-3-5-12-6-7-21-8-12)17-13-15-9-16-14(19-13)18-11(2)20/h6-10H,3-5H2,1-2H3,(H2,15,16,17,18,19,20). The molecule has 6 nitrogen and oxygen atoms in total. The van der Waals surface area contributed by atoms with Crippen LogP contribution in [0, 0.1) is 0 Å². The normalized spacial score (nSPS) is 11.9. The van der Waals surface area contributed by atoms with Crippen LogP contribution in [0.3, 0.4) is 0 Å². The van der Waals surface area contributed by atoms with E-state index in [2.05, 4.69) is 49.3 Å². The summed E-state index contributed by atoms with van der Waals surface area (Å²) >= 11 is 1.73. The van der Waals surface area contributed by atoms with Crippen LogP contribution in [-0.2, 0) is 11.2 Å². The molecular formula is C14H19N5OS. The molecule has 0 radical (unpaired) electrons. The number of hydrogen-bond donors (Lipinski definition) is 2. The zero-order chi connectivity index (χ0) is 15.1. The molecule has 112 valence electrons. The SMILES string of the molecule is CC(=O)Nc1ncnc(NC(C)CCCc2ccsc2)n1. The molecule has 21 heavy (non-hydrogen) atoms. The number of amides is 1. The van der Waals surface area contributed by atoms with Crippen LogP contribution in [0.1, 0.15) is 32.3 Å². The van der Waals surface area contributed by atoms with Gasteiger partial charge in [-0.2, -0.15) is 16.3 Å². The second-order valence-electron chi connectivity index (χ2n) is 4.88. The van der Waals surface area contributed by atoms with Crippen molar-refractivity contribution in [2.75, 3.05) is 10.6 Å². The van der Waals surface area contributed by atoms with Gasteiger partial charge >= 0.3 is 0 Å². The van der Waals surface area contributed by atoms with Crippen LogP contribution in [0.25, 0.3) is 0 Å². The van der Waals surface area contributed by atoms with E-state index in [4.69, 9.17) is 0 Å². The van der Waals surface area contributed by atoms with Gasteiger partial charge in [0.05, 0.1) is 0 Å². The second-order valence-corrected chi connectivity index (χ2v) is 5.66. The van der Waals surface area contributed by atoms with E-state index in [-0.39, 0.29) is 17.9 Å². The number of anilines is 2. The van der Waals surface area contributed by atoms with Gasteiger partial charge in [0, 0.05) is 13.0 Å². The van der Waals surface area contributed by atoms with Crippen LogP contribution >= 0.6 is 11.3 Å². The lowest BCUT2D eigenvalue weighted by Crippen LogP contribution is -2.18. The highest BCUT2D eigenvalue weighted by atomic mass is 32.1. The zero-order valence-corrected chi connectivity index (χ0v) is 13.0. The Morgan fingerprint density at radius 3 is 2.90 bits per heavy atom. The number of aryl methyl sites for hydroxylation is 1. The first-order valence-electron chi connectivity index (χ1n) is 6.87. The molecule has 1 amide bonds. The molecule has 2 N–H and O–H groups in total. The number of nitrogens with one attached hydrogen (secondary N) is 2. The topological polar surface area (TPSA) is 79.8 Å². The van der Waals surface area contributed by atoms with Gasteiger partial charge in [-0.1, -0.05) is 0 Å². The Bertz CT molecular complexity index is 573. The van der Waals surface area contributed by atoms with Crippen LogP contribution < -0.4 is 10.6 Å². The summed E-state index contributed by atoms with van der Waals surface area (Å²) in [6.45, 7) is 3.51. The lowest BCUT2D eigenvalue weighted by atomic mass is 10.1. The van der Waals surface area contributed by atoms with Crippen LogP contribution in [-0.4, -0.2) is 26.9 Å². The first-order chi connectivity index (χ1) is 10.1. The number of aromatic nitrogens is 3. The maximum Gasteiger partial charge on any atom is 0.234 e. The van der Waals surface area contributed by atoms with Gasteiger partial charge in [0.15, 0.2) is 0 Å². The van der Waals surface area contributed by atoms with Gasteiger partial charge in [-0.05, 0) is 48.6 Å². The number of nitrogens with zero attached hydrogens (tertiary/aromatic N) is 3. The summed E-state index contributed by atoms with van der Waals surface area (Å²) in [5, 5.41) is 10.1. The molecule has 0 aliphatic heterocycles. The average molecular weight is 305 g/mol. The van der Waals surface area contributed by atoms with E-state index in [0.29, 0.717) is 5.95 Å². The maximum absolute atomic E-state index is 11.0. The third-order valence-electron chi connectivity index (χ3n) is 2.92. The molecule has 0 aromatic carbocycles. The summed E-state index contributed by atoms with van der Waals surface area (Å²) in [6.07, 6.45) is 4.61. The first-order valence-corrected chi connectivity index (χ1v) is 7.82. The predicted octanol–water partition coefficient (Wildman–Crippen LogP) is 2.71. The van der Waals surface area contributed by atoms with E-state index in [9.17, 15) is 4.79 Å². The second kappa shape index (κ2) is 7.68. The summed E-state index contributed by atoms with van der Waals surface area (Å²) in [6, 6.07) is 2.42. The van der Waals surface area contributed by atoms with Crippen molar-refractivity contribution in [1.29, 1.82) is 0 Å². The number of carbonyl (C=O) groups excluding carboxylic acids is 1. The third kappa shape index (κ3) is 5.47. The van der Waals surface area contributed by atoms with Crippen molar-refractivity contribution in [3.63, 3.8) is 0 Å². The van der Waals surface area contributed by atoms with Gasteiger partial charge in [0.2, 0.25) is 17.8 Å². The Hall–Kier alpha value is -2.02. The quantitative estimate of drug-likeness (QED) is 0.822. The van der Waals surface area contributed by atoms with Crippen molar-refractivity contribution in [2.24, 2.45) is 0 Å². The molecule has 2 heterocycles. The third-order valence-corrected chi connectivity index (χ3v) is 3.65. The van der Waals surface area contributed by atoms with Crippen LogP contribution in [0.15, 0.2) is 23.2 Å². The predicted molar refractivity (Wildman–Crippen MR) is 84.5 cm³/mol. The maximum atomic E-state index is 11.0. The monoisotopic (exact) mass is 305 g/mol. The molecule has 1 unspecified atom stereocenters. The summed E-state index contributed by atoms with van der Waals surface area (Å²) in [5.41, 5.74) is 1.39. The van der Waals surface area contributed by atoms with Crippen LogP contribution in [0.2, 0.25) is 0 Å². The van der Waals surface area contributed by atoms with E-state index in [0.717, 1.165) is 19.3 Å². The smallest absolute Gasteiger partial charge is 0.234 e. The number of carbonyl (C=O) groups is 1. The van der Waals surface area contributed by atoms with Gasteiger partial charge in [-0.15, -0.1) is 0 Å². The highest BCUT2D eigenvalue weighted by Crippen LogP contribution is 2.12. The molecule has 0 bridgehead atoms. The average Bonchev–Trinajstić information content (AvgIpc) is 2.91. The molecule has 0 saturated carbocycles. The van der Waals surface area contributed by atoms with Gasteiger partial charge < -0.3 is 5.32 Å². The van der Waals surface area contributed by atoms with E-state index < -0.39 is 0 Å². The number of thiophene rings is 1. The highest BCUT2D eigenvalue weighted by molar-refractivity contribution is 7.07. The van der Waals surface area contributed by atoms with Gasteiger partial charge in [-0.25, -0.2) is 9.97 Å². The summed E-state index contributed by atoms with van der Waals surface area (Å²) in [5.74, 6) is 0.554. The lowest BCUT2D eigenvalue weighted by Gasteiger charge is -2.13.